The first-order valence-electron chi connectivity index (χ1n) is 7.73. The molecule has 1 aromatic rings. The van der Waals surface area contributed by atoms with Gasteiger partial charge in [0, 0.05) is 25.7 Å². The van der Waals surface area contributed by atoms with Gasteiger partial charge in [-0.3, -0.25) is 0 Å². The van der Waals surface area contributed by atoms with Crippen molar-refractivity contribution in [2.24, 2.45) is 0 Å². The van der Waals surface area contributed by atoms with Gasteiger partial charge >= 0.3 is 6.09 Å². The van der Waals surface area contributed by atoms with E-state index in [2.05, 4.69) is 15.3 Å². The molecule has 0 aliphatic heterocycles. The van der Waals surface area contributed by atoms with Crippen molar-refractivity contribution in [3.05, 3.63) is 11.2 Å². The van der Waals surface area contributed by atoms with Gasteiger partial charge in [-0.1, -0.05) is 25.4 Å². The zero-order chi connectivity index (χ0) is 18.0. The zero-order valence-electron chi connectivity index (χ0n) is 14.8. The highest BCUT2D eigenvalue weighted by Crippen LogP contribution is 2.16. The molecule has 3 N–H and O–H groups in total. The van der Waals surface area contributed by atoms with Crippen molar-refractivity contribution in [2.45, 2.75) is 47.1 Å². The summed E-state index contributed by atoms with van der Waals surface area (Å²) in [6.07, 6.45) is -0.446. The highest BCUT2D eigenvalue weighted by Gasteiger charge is 2.16. The van der Waals surface area contributed by atoms with Crippen molar-refractivity contribution < 1.29 is 9.53 Å². The molecule has 1 heterocycles. The average Bonchev–Trinajstić information content (AvgIpc) is 2.42. The number of aromatic nitrogens is 2. The van der Waals surface area contributed by atoms with E-state index in [1.165, 1.54) is 0 Å². The molecule has 8 heteroatoms. The van der Waals surface area contributed by atoms with Crippen LogP contribution in [0.25, 0.3) is 0 Å². The van der Waals surface area contributed by atoms with Gasteiger partial charge in [0.2, 0.25) is 5.95 Å². The normalized spacial score (nSPS) is 10.4. The number of nitrogens with zero attached hydrogens (tertiary/aromatic N) is 3. The minimum absolute atomic E-state index is 0.121. The van der Waals surface area contributed by atoms with Crippen LogP contribution in [-0.2, 0) is 4.74 Å². The van der Waals surface area contributed by atoms with Crippen LogP contribution in [0.4, 0.5) is 16.6 Å². The maximum Gasteiger partial charge on any atom is 0.407 e. The number of anilines is 2. The number of alkyl carbamates (subject to hydrolysis) is 1. The summed E-state index contributed by atoms with van der Waals surface area (Å²) in [6.45, 7) is 13.1. The number of halogens is 1. The van der Waals surface area contributed by atoms with Gasteiger partial charge in [-0.2, -0.15) is 4.98 Å². The Bertz CT molecular complexity index is 471. The lowest BCUT2D eigenvalue weighted by molar-refractivity contribution is 0.0529. The number of likely N-dealkylation sites (N-methyl/N-ethyl adjacent to an activating group) is 1. The third kappa shape index (κ3) is 9.07. The molecule has 132 valence electrons. The second kappa shape index (κ2) is 10.1. The molecule has 0 atom stereocenters. The predicted octanol–water partition coefficient (Wildman–Crippen LogP) is 3.09. The van der Waals surface area contributed by atoms with E-state index in [1.54, 1.807) is 6.07 Å². The summed E-state index contributed by atoms with van der Waals surface area (Å²) in [5.41, 5.74) is 5.06. The Kier molecular flexibility index (Phi) is 9.32. The van der Waals surface area contributed by atoms with E-state index in [9.17, 15) is 4.79 Å². The van der Waals surface area contributed by atoms with Gasteiger partial charge in [-0.25, -0.2) is 9.78 Å². The van der Waals surface area contributed by atoms with Gasteiger partial charge in [0.15, 0.2) is 0 Å². The molecule has 1 amide bonds. The fraction of sp³-hybridized carbons (Fsp3) is 0.667. The van der Waals surface area contributed by atoms with Crippen LogP contribution in [-0.4, -0.2) is 41.3 Å². The first-order valence-corrected chi connectivity index (χ1v) is 8.11. The Morgan fingerprint density at radius 1 is 1.39 bits per heavy atom. The Hall–Kier alpha value is -1.76. The highest BCUT2D eigenvalue weighted by atomic mass is 35.5. The third-order valence-corrected chi connectivity index (χ3v) is 2.65. The van der Waals surface area contributed by atoms with Crippen molar-refractivity contribution in [3.8, 4) is 0 Å². The van der Waals surface area contributed by atoms with E-state index in [4.69, 9.17) is 22.1 Å². The van der Waals surface area contributed by atoms with E-state index in [0.717, 1.165) is 0 Å². The summed E-state index contributed by atoms with van der Waals surface area (Å²) in [6, 6.07) is 1.63. The van der Waals surface area contributed by atoms with Gasteiger partial charge in [0.25, 0.3) is 0 Å². The molecule has 1 rings (SSSR count). The van der Waals surface area contributed by atoms with Crippen LogP contribution in [0.1, 0.15) is 41.5 Å². The van der Waals surface area contributed by atoms with Crippen molar-refractivity contribution in [1.82, 2.24) is 15.3 Å². The lowest BCUT2D eigenvalue weighted by Gasteiger charge is -2.23. The number of ether oxygens (including phenoxy) is 1. The quantitative estimate of drug-likeness (QED) is 0.796. The molecule has 0 saturated carbocycles. The fourth-order valence-electron chi connectivity index (χ4n) is 1.63. The summed E-state index contributed by atoms with van der Waals surface area (Å²) in [7, 11) is 0. The van der Waals surface area contributed by atoms with Crippen molar-refractivity contribution >= 4 is 29.5 Å². The molecule has 7 nitrogen and oxygen atoms in total. The van der Waals surface area contributed by atoms with Gasteiger partial charge in [0.05, 0.1) is 0 Å². The van der Waals surface area contributed by atoms with Crippen LogP contribution in [0, 0.1) is 0 Å². The molecule has 0 radical (unpaired) electrons. The summed E-state index contributed by atoms with van der Waals surface area (Å²) in [5, 5.41) is 2.98. The largest absolute Gasteiger partial charge is 0.444 e. The molecule has 1 aromatic heterocycles. The van der Waals surface area contributed by atoms with E-state index in [1.807, 2.05) is 46.4 Å². The average molecular weight is 346 g/mol. The second-order valence-corrected chi connectivity index (χ2v) is 5.80. The molecule has 0 saturated heterocycles. The molecule has 0 unspecified atom stereocenters. The topological polar surface area (TPSA) is 93.4 Å². The number of nitrogens with one attached hydrogen (secondary N) is 1. The Morgan fingerprint density at radius 2 is 2.00 bits per heavy atom. The number of nitrogens with two attached hydrogens (primary N) is 1. The number of carbonyl (C=O) groups is 1. The Balaban J connectivity index is 0.00000232. The summed E-state index contributed by atoms with van der Waals surface area (Å²) in [5.74, 6) is 0.747. The maximum atomic E-state index is 11.6. The van der Waals surface area contributed by atoms with Crippen LogP contribution in [0.3, 0.4) is 0 Å². The molecule has 0 fully saturated rings. The van der Waals surface area contributed by atoms with Crippen molar-refractivity contribution in [1.29, 1.82) is 0 Å². The molecular weight excluding hydrogens is 318 g/mol. The molecule has 0 aromatic carbocycles. The number of rotatable bonds is 5. The van der Waals surface area contributed by atoms with E-state index in [-0.39, 0.29) is 11.1 Å². The van der Waals surface area contributed by atoms with Crippen LogP contribution < -0.4 is 16.0 Å². The molecule has 23 heavy (non-hydrogen) atoms. The van der Waals surface area contributed by atoms with Gasteiger partial charge in [-0.15, -0.1) is 0 Å². The third-order valence-electron chi connectivity index (χ3n) is 2.45. The van der Waals surface area contributed by atoms with Crippen LogP contribution in [0.15, 0.2) is 6.07 Å². The lowest BCUT2D eigenvalue weighted by Crippen LogP contribution is -2.38. The van der Waals surface area contributed by atoms with Gasteiger partial charge in [0.1, 0.15) is 16.6 Å². The molecule has 0 aliphatic carbocycles. The molecular formula is C15H28ClN5O2. The predicted molar refractivity (Wildman–Crippen MR) is 94.9 cm³/mol. The summed E-state index contributed by atoms with van der Waals surface area (Å²) >= 11 is 5.86. The number of nitrogen functional groups attached to an aromatic ring is 1. The first-order chi connectivity index (χ1) is 10.7. The number of carbonyl (C=O) groups excluding carboxylic acids is 1. The minimum Gasteiger partial charge on any atom is -0.444 e. The van der Waals surface area contributed by atoms with Crippen LogP contribution in [0.2, 0.25) is 5.15 Å². The smallest absolute Gasteiger partial charge is 0.407 e. The maximum absolute atomic E-state index is 11.6. The fourth-order valence-corrected chi connectivity index (χ4v) is 1.81. The SMILES string of the molecule is CC.CCN(CCNC(=O)OC(C)(C)C)c1cc(Cl)nc(N)n1. The molecule has 0 bridgehead atoms. The monoisotopic (exact) mass is 345 g/mol. The molecule has 0 spiro atoms. The Morgan fingerprint density at radius 3 is 2.48 bits per heavy atom. The van der Waals surface area contributed by atoms with Crippen LogP contribution >= 0.6 is 11.6 Å². The van der Waals surface area contributed by atoms with Gasteiger partial charge < -0.3 is 20.7 Å². The highest BCUT2D eigenvalue weighted by molar-refractivity contribution is 6.29. The van der Waals surface area contributed by atoms with Crippen molar-refractivity contribution in [3.63, 3.8) is 0 Å². The van der Waals surface area contributed by atoms with E-state index < -0.39 is 11.7 Å². The van der Waals surface area contributed by atoms with Gasteiger partial charge in [-0.05, 0) is 27.7 Å². The van der Waals surface area contributed by atoms with Crippen molar-refractivity contribution in [2.75, 3.05) is 30.3 Å². The van der Waals surface area contributed by atoms with E-state index in [0.29, 0.717) is 25.5 Å². The number of hydrogen-bond donors (Lipinski definition) is 2. The first kappa shape index (κ1) is 21.2. The number of amides is 1. The van der Waals surface area contributed by atoms with Crippen LogP contribution in [0.5, 0.6) is 0 Å². The lowest BCUT2D eigenvalue weighted by atomic mass is 10.2. The Labute approximate surface area is 143 Å². The zero-order valence-corrected chi connectivity index (χ0v) is 15.6. The second-order valence-electron chi connectivity index (χ2n) is 5.42. The number of hydrogen-bond acceptors (Lipinski definition) is 6. The summed E-state index contributed by atoms with van der Waals surface area (Å²) in [4.78, 5) is 21.4. The van der Waals surface area contributed by atoms with E-state index >= 15 is 0 Å². The summed E-state index contributed by atoms with van der Waals surface area (Å²) < 4.78 is 5.16. The minimum atomic E-state index is -0.511. The standard InChI is InChI=1S/C13H22ClN5O2.C2H6/c1-5-19(10-8-9(14)17-11(15)18-10)7-6-16-12(20)21-13(2,3)4;1-2/h8H,5-7H2,1-4H3,(H,16,20)(H2,15,17,18);1-2H3. The molecule has 0 aliphatic rings.